The van der Waals surface area contributed by atoms with Crippen molar-refractivity contribution in [2.24, 2.45) is 0 Å². The van der Waals surface area contributed by atoms with Gasteiger partial charge in [-0.15, -0.1) is 0 Å². The summed E-state index contributed by atoms with van der Waals surface area (Å²) >= 11 is 0. The summed E-state index contributed by atoms with van der Waals surface area (Å²) in [5, 5.41) is 20.1. The molecule has 0 atom stereocenters. The SMILES string of the molecule is CCc1n(CC)c2ccc(-c3c[nH]nc3-c3ccccc3)cc2[n+]1[O-]. The van der Waals surface area contributed by atoms with Gasteiger partial charge in [-0.25, -0.2) is 9.30 Å². The zero-order valence-corrected chi connectivity index (χ0v) is 14.4. The van der Waals surface area contributed by atoms with Crippen molar-refractivity contribution >= 4 is 11.0 Å². The first kappa shape index (κ1) is 15.4. The van der Waals surface area contributed by atoms with Gasteiger partial charge in [-0.2, -0.15) is 5.10 Å². The van der Waals surface area contributed by atoms with Gasteiger partial charge in [0, 0.05) is 23.7 Å². The van der Waals surface area contributed by atoms with Crippen LogP contribution in [-0.4, -0.2) is 14.8 Å². The first-order chi connectivity index (χ1) is 12.2. The number of nitrogens with one attached hydrogen (secondary N) is 1. The number of rotatable bonds is 4. The Morgan fingerprint density at radius 1 is 1.08 bits per heavy atom. The summed E-state index contributed by atoms with van der Waals surface area (Å²) in [4.78, 5) is 0. The molecule has 0 aliphatic carbocycles. The molecule has 2 aromatic carbocycles. The maximum atomic E-state index is 12.7. The van der Waals surface area contributed by atoms with Crippen molar-refractivity contribution in [3.05, 3.63) is 65.8 Å². The Morgan fingerprint density at radius 2 is 1.88 bits per heavy atom. The fraction of sp³-hybridized carbons (Fsp3) is 0.200. The molecule has 4 rings (SSSR count). The molecule has 2 heterocycles. The van der Waals surface area contributed by atoms with Gasteiger partial charge in [0.2, 0.25) is 0 Å². The number of H-pyrrole nitrogens is 1. The zero-order chi connectivity index (χ0) is 17.4. The van der Waals surface area contributed by atoms with Gasteiger partial charge in [-0.3, -0.25) is 5.10 Å². The number of aromatic amines is 1. The molecule has 0 spiro atoms. The maximum Gasteiger partial charge on any atom is 0.260 e. The van der Waals surface area contributed by atoms with Crippen molar-refractivity contribution in [1.82, 2.24) is 14.8 Å². The summed E-state index contributed by atoms with van der Waals surface area (Å²) < 4.78 is 3.14. The van der Waals surface area contributed by atoms with E-state index in [1.807, 2.05) is 55.6 Å². The fourth-order valence-electron chi connectivity index (χ4n) is 3.48. The van der Waals surface area contributed by atoms with Crippen LogP contribution in [0.15, 0.2) is 54.7 Å². The predicted molar refractivity (Wildman–Crippen MR) is 99.0 cm³/mol. The molecule has 0 aliphatic heterocycles. The average molecular weight is 332 g/mol. The van der Waals surface area contributed by atoms with Gasteiger partial charge in [0.05, 0.1) is 12.2 Å². The van der Waals surface area contributed by atoms with Crippen LogP contribution in [0, 0.1) is 5.21 Å². The minimum absolute atomic E-state index is 0.705. The summed E-state index contributed by atoms with van der Waals surface area (Å²) in [5.41, 5.74) is 5.60. The monoisotopic (exact) mass is 332 g/mol. The Hall–Kier alpha value is -3.08. The first-order valence-corrected chi connectivity index (χ1v) is 8.58. The number of hydrogen-bond donors (Lipinski definition) is 1. The summed E-state index contributed by atoms with van der Waals surface area (Å²) in [7, 11) is 0. The van der Waals surface area contributed by atoms with Crippen LogP contribution >= 0.6 is 0 Å². The Bertz CT molecular complexity index is 1030. The standard InChI is InChI=1S/C20H20N4O/c1-3-19-23(4-2)17-11-10-15(12-18(17)24(19)25)16-13-21-22-20(16)14-8-6-5-7-9-14/h5-13H,3-4H2,1-2H3,(H,21,22). The highest BCUT2D eigenvalue weighted by Crippen LogP contribution is 2.31. The van der Waals surface area contributed by atoms with Crippen molar-refractivity contribution in [3.63, 3.8) is 0 Å². The van der Waals surface area contributed by atoms with Crippen molar-refractivity contribution in [1.29, 1.82) is 0 Å². The second-order valence-electron chi connectivity index (χ2n) is 6.03. The van der Waals surface area contributed by atoms with Crippen LogP contribution in [-0.2, 0) is 13.0 Å². The predicted octanol–water partition coefficient (Wildman–Crippen LogP) is 3.91. The number of aryl methyl sites for hydroxylation is 1. The summed E-state index contributed by atoms with van der Waals surface area (Å²) in [5.74, 6) is 0.796. The number of nitrogens with zero attached hydrogens (tertiary/aromatic N) is 3. The molecule has 0 aliphatic rings. The van der Waals surface area contributed by atoms with E-state index in [2.05, 4.69) is 27.8 Å². The molecule has 4 aromatic rings. The Labute approximate surface area is 146 Å². The molecule has 0 saturated carbocycles. The lowest BCUT2D eigenvalue weighted by Gasteiger charge is -2.04. The van der Waals surface area contributed by atoms with E-state index in [0.29, 0.717) is 11.9 Å². The van der Waals surface area contributed by atoms with Crippen LogP contribution < -0.4 is 4.73 Å². The van der Waals surface area contributed by atoms with Gasteiger partial charge in [0.1, 0.15) is 0 Å². The van der Waals surface area contributed by atoms with Gasteiger partial charge >= 0.3 is 0 Å². The van der Waals surface area contributed by atoms with Crippen molar-refractivity contribution in [3.8, 4) is 22.4 Å². The number of imidazole rings is 1. The molecule has 0 bridgehead atoms. The lowest BCUT2D eigenvalue weighted by Crippen LogP contribution is -2.30. The van der Waals surface area contributed by atoms with Crippen molar-refractivity contribution < 1.29 is 4.73 Å². The Balaban J connectivity index is 1.90. The minimum Gasteiger partial charge on any atom is -0.710 e. The van der Waals surface area contributed by atoms with Crippen LogP contribution in [0.5, 0.6) is 0 Å². The van der Waals surface area contributed by atoms with E-state index in [1.165, 1.54) is 0 Å². The average Bonchev–Trinajstić information content (AvgIpc) is 3.25. The number of benzene rings is 2. The third kappa shape index (κ3) is 2.39. The molecule has 5 heteroatoms. The molecular formula is C20H20N4O. The highest BCUT2D eigenvalue weighted by atomic mass is 16.5. The molecule has 2 aromatic heterocycles. The van der Waals surface area contributed by atoms with Crippen LogP contribution in [0.25, 0.3) is 33.4 Å². The van der Waals surface area contributed by atoms with E-state index in [-0.39, 0.29) is 0 Å². The molecule has 1 N–H and O–H groups in total. The van der Waals surface area contributed by atoms with Crippen molar-refractivity contribution in [2.75, 3.05) is 0 Å². The molecule has 0 radical (unpaired) electrons. The van der Waals surface area contributed by atoms with E-state index in [1.54, 1.807) is 0 Å². The number of fused-ring (bicyclic) bond motifs is 1. The number of hydrogen-bond acceptors (Lipinski definition) is 2. The van der Waals surface area contributed by atoms with Crippen LogP contribution in [0.3, 0.4) is 0 Å². The van der Waals surface area contributed by atoms with Gasteiger partial charge in [-0.1, -0.05) is 37.3 Å². The van der Waals surface area contributed by atoms with Crippen LogP contribution in [0.1, 0.15) is 19.7 Å². The summed E-state index contributed by atoms with van der Waals surface area (Å²) in [6.07, 6.45) is 2.60. The quantitative estimate of drug-likeness (QED) is 0.455. The van der Waals surface area contributed by atoms with E-state index >= 15 is 0 Å². The third-order valence-electron chi connectivity index (χ3n) is 4.66. The van der Waals surface area contributed by atoms with E-state index in [9.17, 15) is 5.21 Å². The lowest BCUT2D eigenvalue weighted by molar-refractivity contribution is -0.587. The molecule has 0 saturated heterocycles. The minimum atomic E-state index is 0.705. The largest absolute Gasteiger partial charge is 0.710 e. The maximum absolute atomic E-state index is 12.7. The van der Waals surface area contributed by atoms with Crippen LogP contribution in [0.2, 0.25) is 0 Å². The second kappa shape index (κ2) is 6.09. The second-order valence-corrected chi connectivity index (χ2v) is 6.03. The molecule has 0 unspecified atom stereocenters. The molecule has 25 heavy (non-hydrogen) atoms. The topological polar surface area (TPSA) is 60.5 Å². The molecule has 5 nitrogen and oxygen atoms in total. The molecule has 0 fully saturated rings. The third-order valence-corrected chi connectivity index (χ3v) is 4.66. The molecular weight excluding hydrogens is 312 g/mol. The highest BCUT2D eigenvalue weighted by molar-refractivity contribution is 5.86. The number of aromatic nitrogens is 4. The Morgan fingerprint density at radius 3 is 2.60 bits per heavy atom. The zero-order valence-electron chi connectivity index (χ0n) is 14.4. The summed E-state index contributed by atoms with van der Waals surface area (Å²) in [6, 6.07) is 16.1. The van der Waals surface area contributed by atoms with Gasteiger partial charge in [0.15, 0.2) is 11.0 Å². The normalized spacial score (nSPS) is 11.3. The fourth-order valence-corrected chi connectivity index (χ4v) is 3.48. The first-order valence-electron chi connectivity index (χ1n) is 8.58. The van der Waals surface area contributed by atoms with E-state index < -0.39 is 0 Å². The van der Waals surface area contributed by atoms with Crippen LogP contribution in [0.4, 0.5) is 0 Å². The van der Waals surface area contributed by atoms with E-state index in [4.69, 9.17) is 0 Å². The van der Waals surface area contributed by atoms with Gasteiger partial charge in [0.25, 0.3) is 5.82 Å². The Kier molecular flexibility index (Phi) is 3.76. The van der Waals surface area contributed by atoms with Gasteiger partial charge < -0.3 is 5.21 Å². The molecule has 126 valence electrons. The highest BCUT2D eigenvalue weighted by Gasteiger charge is 2.20. The van der Waals surface area contributed by atoms with E-state index in [0.717, 1.165) is 45.0 Å². The van der Waals surface area contributed by atoms with Crippen molar-refractivity contribution in [2.45, 2.75) is 26.8 Å². The smallest absolute Gasteiger partial charge is 0.260 e. The summed E-state index contributed by atoms with van der Waals surface area (Å²) in [6.45, 7) is 4.87. The lowest BCUT2D eigenvalue weighted by atomic mass is 10.0. The molecule has 0 amide bonds. The van der Waals surface area contributed by atoms with Gasteiger partial charge in [-0.05, 0) is 30.7 Å².